The summed E-state index contributed by atoms with van der Waals surface area (Å²) in [7, 11) is 3.29. The number of aliphatic hydroxyl groups excluding tert-OH is 1. The molecule has 0 aliphatic carbocycles. The lowest BCUT2D eigenvalue weighted by Gasteiger charge is -2.11. The first-order valence-corrected chi connectivity index (χ1v) is 6.73. The molecule has 0 aliphatic heterocycles. The molecule has 1 aromatic rings. The SMILES string of the molecule is COc1ccc(CCCNCC(C)CO)cc1OC. The summed E-state index contributed by atoms with van der Waals surface area (Å²) in [5, 5.41) is 12.3. The van der Waals surface area contributed by atoms with E-state index in [1.54, 1.807) is 14.2 Å². The molecule has 0 radical (unpaired) electrons. The Labute approximate surface area is 115 Å². The van der Waals surface area contributed by atoms with Gasteiger partial charge in [0.15, 0.2) is 11.5 Å². The van der Waals surface area contributed by atoms with Crippen molar-refractivity contribution in [3.05, 3.63) is 23.8 Å². The summed E-state index contributed by atoms with van der Waals surface area (Å²) >= 11 is 0. The average molecular weight is 267 g/mol. The third kappa shape index (κ3) is 5.49. The van der Waals surface area contributed by atoms with E-state index in [0.717, 1.165) is 37.4 Å². The zero-order valence-corrected chi connectivity index (χ0v) is 12.1. The van der Waals surface area contributed by atoms with Crippen molar-refractivity contribution in [2.75, 3.05) is 33.9 Å². The highest BCUT2D eigenvalue weighted by Crippen LogP contribution is 2.27. The van der Waals surface area contributed by atoms with Crippen molar-refractivity contribution in [2.45, 2.75) is 19.8 Å². The number of aryl methyl sites for hydroxylation is 1. The molecule has 0 aliphatic rings. The summed E-state index contributed by atoms with van der Waals surface area (Å²) in [6.45, 7) is 4.09. The number of benzene rings is 1. The number of methoxy groups -OCH3 is 2. The Balaban J connectivity index is 2.33. The molecule has 1 rings (SSSR count). The lowest BCUT2D eigenvalue weighted by molar-refractivity contribution is 0.234. The van der Waals surface area contributed by atoms with Gasteiger partial charge in [-0.05, 0) is 49.5 Å². The Bertz CT molecular complexity index is 368. The standard InChI is InChI=1S/C15H25NO3/c1-12(11-17)10-16-8-4-5-13-6-7-14(18-2)15(9-13)19-3/h6-7,9,12,16-17H,4-5,8,10-11H2,1-3H3. The minimum Gasteiger partial charge on any atom is -0.493 e. The number of hydrogen-bond donors (Lipinski definition) is 2. The highest BCUT2D eigenvalue weighted by molar-refractivity contribution is 5.42. The molecule has 0 aromatic heterocycles. The Morgan fingerprint density at radius 3 is 2.58 bits per heavy atom. The first-order valence-electron chi connectivity index (χ1n) is 6.73. The van der Waals surface area contributed by atoms with Crippen molar-refractivity contribution in [2.24, 2.45) is 5.92 Å². The van der Waals surface area contributed by atoms with Crippen LogP contribution in [0.25, 0.3) is 0 Å². The zero-order valence-electron chi connectivity index (χ0n) is 12.1. The molecule has 0 saturated heterocycles. The summed E-state index contributed by atoms with van der Waals surface area (Å²) in [5.41, 5.74) is 1.25. The minimum atomic E-state index is 0.239. The predicted molar refractivity (Wildman–Crippen MR) is 77.0 cm³/mol. The van der Waals surface area contributed by atoms with Gasteiger partial charge in [-0.1, -0.05) is 13.0 Å². The van der Waals surface area contributed by atoms with Crippen molar-refractivity contribution in [1.29, 1.82) is 0 Å². The summed E-state index contributed by atoms with van der Waals surface area (Å²) in [6, 6.07) is 6.03. The Kier molecular flexibility index (Phi) is 7.30. The van der Waals surface area contributed by atoms with E-state index in [4.69, 9.17) is 14.6 Å². The largest absolute Gasteiger partial charge is 0.493 e. The molecule has 0 amide bonds. The van der Waals surface area contributed by atoms with Crippen LogP contribution in [-0.2, 0) is 6.42 Å². The van der Waals surface area contributed by atoms with Crippen molar-refractivity contribution >= 4 is 0 Å². The first kappa shape index (κ1) is 15.8. The second kappa shape index (κ2) is 8.77. The van der Waals surface area contributed by atoms with Gasteiger partial charge in [-0.25, -0.2) is 0 Å². The van der Waals surface area contributed by atoms with Crippen LogP contribution in [-0.4, -0.2) is 39.0 Å². The summed E-state index contributed by atoms with van der Waals surface area (Å²) < 4.78 is 10.5. The highest BCUT2D eigenvalue weighted by atomic mass is 16.5. The number of aliphatic hydroxyl groups is 1. The van der Waals surface area contributed by atoms with Crippen molar-refractivity contribution in [3.63, 3.8) is 0 Å². The molecule has 0 saturated carbocycles. The van der Waals surface area contributed by atoms with Gasteiger partial charge in [-0.3, -0.25) is 0 Å². The number of hydrogen-bond acceptors (Lipinski definition) is 4. The van der Waals surface area contributed by atoms with E-state index in [-0.39, 0.29) is 6.61 Å². The summed E-state index contributed by atoms with van der Waals surface area (Å²) in [4.78, 5) is 0. The van der Waals surface area contributed by atoms with E-state index >= 15 is 0 Å². The maximum atomic E-state index is 8.91. The van der Waals surface area contributed by atoms with Gasteiger partial charge in [0.1, 0.15) is 0 Å². The van der Waals surface area contributed by atoms with E-state index in [1.807, 2.05) is 19.1 Å². The number of ether oxygens (including phenoxy) is 2. The fraction of sp³-hybridized carbons (Fsp3) is 0.600. The van der Waals surface area contributed by atoms with Gasteiger partial charge in [0.25, 0.3) is 0 Å². The van der Waals surface area contributed by atoms with Crippen molar-refractivity contribution < 1.29 is 14.6 Å². The van der Waals surface area contributed by atoms with Crippen LogP contribution in [0.2, 0.25) is 0 Å². The van der Waals surface area contributed by atoms with Crippen molar-refractivity contribution in [3.8, 4) is 11.5 Å². The molecule has 4 nitrogen and oxygen atoms in total. The smallest absolute Gasteiger partial charge is 0.160 e. The molecule has 0 fully saturated rings. The summed E-state index contributed by atoms with van der Waals surface area (Å²) in [6.07, 6.45) is 2.06. The third-order valence-electron chi connectivity index (χ3n) is 3.07. The second-order valence-corrected chi connectivity index (χ2v) is 4.78. The molecule has 0 heterocycles. The fourth-order valence-electron chi connectivity index (χ4n) is 1.87. The lowest BCUT2D eigenvalue weighted by Crippen LogP contribution is -2.24. The van der Waals surface area contributed by atoms with Gasteiger partial charge in [-0.2, -0.15) is 0 Å². The predicted octanol–water partition coefficient (Wildman–Crippen LogP) is 1.85. The monoisotopic (exact) mass is 267 g/mol. The molecule has 1 unspecified atom stereocenters. The topological polar surface area (TPSA) is 50.7 Å². The third-order valence-corrected chi connectivity index (χ3v) is 3.07. The van der Waals surface area contributed by atoms with Gasteiger partial charge in [0.05, 0.1) is 14.2 Å². The molecular formula is C15H25NO3. The van der Waals surface area contributed by atoms with Crippen LogP contribution in [0, 0.1) is 5.92 Å². The molecular weight excluding hydrogens is 242 g/mol. The van der Waals surface area contributed by atoms with Crippen LogP contribution >= 0.6 is 0 Å². The molecule has 108 valence electrons. The molecule has 1 atom stereocenters. The van der Waals surface area contributed by atoms with Crippen LogP contribution in [0.15, 0.2) is 18.2 Å². The average Bonchev–Trinajstić information content (AvgIpc) is 2.46. The van der Waals surface area contributed by atoms with Gasteiger partial charge < -0.3 is 19.9 Å². The minimum absolute atomic E-state index is 0.239. The van der Waals surface area contributed by atoms with Gasteiger partial charge in [-0.15, -0.1) is 0 Å². The van der Waals surface area contributed by atoms with Crippen molar-refractivity contribution in [1.82, 2.24) is 5.32 Å². The van der Waals surface area contributed by atoms with E-state index in [9.17, 15) is 0 Å². The molecule has 1 aromatic carbocycles. The van der Waals surface area contributed by atoms with Crippen LogP contribution < -0.4 is 14.8 Å². The lowest BCUT2D eigenvalue weighted by atomic mass is 10.1. The van der Waals surface area contributed by atoms with Gasteiger partial charge >= 0.3 is 0 Å². The molecule has 2 N–H and O–H groups in total. The molecule has 0 bridgehead atoms. The van der Waals surface area contributed by atoms with Crippen LogP contribution in [0.5, 0.6) is 11.5 Å². The highest BCUT2D eigenvalue weighted by Gasteiger charge is 2.04. The van der Waals surface area contributed by atoms with Gasteiger partial charge in [0, 0.05) is 6.61 Å². The fourth-order valence-corrected chi connectivity index (χ4v) is 1.87. The van der Waals surface area contributed by atoms with Crippen LogP contribution in [0.4, 0.5) is 0 Å². The second-order valence-electron chi connectivity index (χ2n) is 4.78. The Morgan fingerprint density at radius 1 is 1.21 bits per heavy atom. The van der Waals surface area contributed by atoms with E-state index in [1.165, 1.54) is 5.56 Å². The van der Waals surface area contributed by atoms with Gasteiger partial charge in [0.2, 0.25) is 0 Å². The zero-order chi connectivity index (χ0) is 14.1. The van der Waals surface area contributed by atoms with E-state index in [2.05, 4.69) is 11.4 Å². The van der Waals surface area contributed by atoms with E-state index < -0.39 is 0 Å². The normalized spacial score (nSPS) is 12.2. The molecule has 19 heavy (non-hydrogen) atoms. The molecule has 0 spiro atoms. The Hall–Kier alpha value is -1.26. The maximum absolute atomic E-state index is 8.91. The number of nitrogens with one attached hydrogen (secondary N) is 1. The maximum Gasteiger partial charge on any atom is 0.160 e. The Morgan fingerprint density at radius 2 is 1.95 bits per heavy atom. The van der Waals surface area contributed by atoms with Crippen LogP contribution in [0.1, 0.15) is 18.9 Å². The van der Waals surface area contributed by atoms with Crippen LogP contribution in [0.3, 0.4) is 0 Å². The first-order chi connectivity index (χ1) is 9.21. The molecule has 4 heteroatoms. The number of rotatable bonds is 9. The van der Waals surface area contributed by atoms with E-state index in [0.29, 0.717) is 5.92 Å². The quantitative estimate of drug-likeness (QED) is 0.671. The summed E-state index contributed by atoms with van der Waals surface area (Å²) in [5.74, 6) is 1.86.